The van der Waals surface area contributed by atoms with Gasteiger partial charge < -0.3 is 13.6 Å². The van der Waals surface area contributed by atoms with Gasteiger partial charge in [-0.1, -0.05) is 5.56 Å². The van der Waals surface area contributed by atoms with E-state index in [4.69, 9.17) is 35.1 Å². The molecule has 12 nitrogen and oxygen atoms in total. The zero-order valence-corrected chi connectivity index (χ0v) is 25.9. The fourth-order valence-electron chi connectivity index (χ4n) is 7.19. The van der Waals surface area contributed by atoms with Gasteiger partial charge in [0.2, 0.25) is 5.69 Å². The highest BCUT2D eigenvalue weighted by atomic mass is 16.6. The average Bonchev–Trinajstić information content (AvgIpc) is 3.80. The Bertz CT molecular complexity index is 2980. The van der Waals surface area contributed by atoms with Gasteiger partial charge in [-0.2, -0.15) is 21.0 Å². The van der Waals surface area contributed by atoms with Crippen molar-refractivity contribution in [2.24, 2.45) is 0 Å². The van der Waals surface area contributed by atoms with E-state index < -0.39 is 30.9 Å². The van der Waals surface area contributed by atoms with E-state index in [9.17, 15) is 31.1 Å². The molecule has 2 aliphatic heterocycles. The van der Waals surface area contributed by atoms with Crippen LogP contribution in [0, 0.1) is 89.8 Å². The first-order valence-corrected chi connectivity index (χ1v) is 14.6. The smallest absolute Gasteiger partial charge is 0.413 e. The largest absolute Gasteiger partial charge is 0.621 e. The third-order valence-electron chi connectivity index (χ3n) is 9.07. The van der Waals surface area contributed by atoms with E-state index in [0.29, 0.717) is 33.3 Å². The minimum absolute atomic E-state index is 0.0245. The van der Waals surface area contributed by atoms with E-state index >= 15 is 0 Å². The molecule has 0 radical (unpaired) electrons. The molecule has 1 aromatic heterocycles. The summed E-state index contributed by atoms with van der Waals surface area (Å²) in [6, 6.07) is 17.0. The zero-order valence-electron chi connectivity index (χ0n) is 25.9. The van der Waals surface area contributed by atoms with Crippen molar-refractivity contribution in [1.29, 1.82) is 26.3 Å². The topological polar surface area (TPSA) is 180 Å². The summed E-state index contributed by atoms with van der Waals surface area (Å²) >= 11 is 0. The van der Waals surface area contributed by atoms with Crippen molar-refractivity contribution >= 4 is 52.5 Å². The summed E-state index contributed by atoms with van der Waals surface area (Å²) in [5.74, 6) is 0.0327. The number of nitriles is 5. The van der Waals surface area contributed by atoms with E-state index in [1.807, 2.05) is 12.1 Å². The average molecular weight is 649 g/mol. The number of nitrogens with zero attached hydrogens (tertiary/aromatic N) is 9. The molecule has 14 heteroatoms. The molecule has 0 saturated carbocycles. The van der Waals surface area contributed by atoms with Gasteiger partial charge in [-0.25, -0.2) is 24.6 Å². The second-order valence-electron chi connectivity index (χ2n) is 11.4. The Morgan fingerprint density at radius 1 is 0.647 bits per heavy atom. The Balaban J connectivity index is 1.57. The number of aryl methyl sites for hydroxylation is 1. The van der Waals surface area contributed by atoms with Crippen LogP contribution in [0.4, 0.5) is 17.1 Å². The minimum atomic E-state index is -1.28. The molecule has 0 atom stereocenters. The molecule has 3 heterocycles. The van der Waals surface area contributed by atoms with E-state index in [0.717, 1.165) is 0 Å². The Morgan fingerprint density at radius 2 is 1.25 bits per heavy atom. The molecule has 5 aromatic rings. The van der Waals surface area contributed by atoms with Crippen LogP contribution in [0.15, 0.2) is 50.0 Å². The molecule has 0 amide bonds. The van der Waals surface area contributed by atoms with Gasteiger partial charge in [-0.15, -0.1) is 0 Å². The molecular formula is C37H9B2N9O3. The molecule has 2 aliphatic rings. The van der Waals surface area contributed by atoms with Crippen LogP contribution in [0.3, 0.4) is 0 Å². The van der Waals surface area contributed by atoms with Crippen molar-refractivity contribution in [3.63, 3.8) is 0 Å². The Hall–Kier alpha value is -8.57. The third kappa shape index (κ3) is 4.09. The van der Waals surface area contributed by atoms with Crippen LogP contribution in [0.1, 0.15) is 27.8 Å². The summed E-state index contributed by atoms with van der Waals surface area (Å²) in [5.41, 5.74) is 2.41. The van der Waals surface area contributed by atoms with Gasteiger partial charge in [0.1, 0.15) is 0 Å². The first-order valence-electron chi connectivity index (χ1n) is 14.6. The summed E-state index contributed by atoms with van der Waals surface area (Å²) in [6.07, 6.45) is 0. The van der Waals surface area contributed by atoms with Gasteiger partial charge in [0, 0.05) is 39.1 Å². The molecule has 0 spiro atoms. The van der Waals surface area contributed by atoms with Crippen LogP contribution in [0.25, 0.3) is 64.2 Å². The van der Waals surface area contributed by atoms with E-state index in [1.54, 1.807) is 19.1 Å². The lowest BCUT2D eigenvalue weighted by Gasteiger charge is -2.14. The number of benzene rings is 4. The van der Waals surface area contributed by atoms with Gasteiger partial charge in [0.15, 0.2) is 22.9 Å². The molecule has 0 aliphatic carbocycles. The molecule has 4 aromatic carbocycles. The molecule has 7 rings (SSSR count). The standard InChI is InChI=1S/C37H9B2N9O3/c1-17-6-18(12-40)7-21-24-11-26(45-2)29(25(15-43)31(24)38(16-44)30(17)21)36-35(50-37(49)51-36)28-20(14-42)10-23-22-8-19(13-41)9-27(46-3)32(22)39(48-5)33(23)34(28)47-4/h6-11H,1H3. The van der Waals surface area contributed by atoms with E-state index in [2.05, 4.69) is 37.4 Å². The first-order chi connectivity index (χ1) is 24.7. The second kappa shape index (κ2) is 11.3. The highest BCUT2D eigenvalue weighted by Crippen LogP contribution is 2.47. The molecule has 0 fully saturated rings. The summed E-state index contributed by atoms with van der Waals surface area (Å²) in [5, 5.41) is 50.7. The number of hydrogen-bond acceptors (Lipinski definition) is 8. The normalized spacial score (nSPS) is 11.1. The lowest BCUT2D eigenvalue weighted by Crippen LogP contribution is -2.40. The van der Waals surface area contributed by atoms with E-state index in [-0.39, 0.29) is 66.8 Å². The molecular weight excluding hydrogens is 640 g/mol. The van der Waals surface area contributed by atoms with Crippen molar-refractivity contribution in [1.82, 2.24) is 0 Å². The minimum Gasteiger partial charge on any atom is -0.413 e. The number of fused-ring (bicyclic) bond motifs is 6. The summed E-state index contributed by atoms with van der Waals surface area (Å²) in [6.45, 7) is 31.6. The number of hydrogen-bond donors (Lipinski definition) is 0. The molecule has 226 valence electrons. The van der Waals surface area contributed by atoms with Crippen LogP contribution in [0.2, 0.25) is 0 Å². The van der Waals surface area contributed by atoms with Crippen molar-refractivity contribution in [2.45, 2.75) is 6.92 Å². The number of rotatable bonds is 2. The first kappa shape index (κ1) is 31.1. The predicted octanol–water partition coefficient (Wildman–Crippen LogP) is 4.67. The Kier molecular flexibility index (Phi) is 6.88. The van der Waals surface area contributed by atoms with Gasteiger partial charge in [-0.3, -0.25) is 6.57 Å². The van der Waals surface area contributed by atoms with Gasteiger partial charge >= 0.3 is 19.4 Å². The van der Waals surface area contributed by atoms with Gasteiger partial charge in [0.25, 0.3) is 0 Å². The fourth-order valence-corrected chi connectivity index (χ4v) is 7.19. The fraction of sp³-hybridized carbons (Fsp3) is 0.0270. The van der Waals surface area contributed by atoms with Crippen molar-refractivity contribution in [3.8, 4) is 75.1 Å². The van der Waals surface area contributed by atoms with Crippen LogP contribution in [-0.4, -0.2) is 13.6 Å². The zero-order chi connectivity index (χ0) is 36.3. The lowest BCUT2D eigenvalue weighted by molar-refractivity contribution is 0.393. The third-order valence-corrected chi connectivity index (χ3v) is 9.07. The Labute approximate surface area is 289 Å². The van der Waals surface area contributed by atoms with Crippen LogP contribution in [0.5, 0.6) is 0 Å². The molecule has 0 N–H and O–H groups in total. The lowest BCUT2D eigenvalue weighted by atomic mass is 9.42. The summed E-state index contributed by atoms with van der Waals surface area (Å²) in [4.78, 5) is 23.8. The van der Waals surface area contributed by atoms with Crippen molar-refractivity contribution < 1.29 is 8.83 Å². The molecule has 51 heavy (non-hydrogen) atoms. The van der Waals surface area contributed by atoms with E-state index in [1.165, 1.54) is 24.3 Å². The summed E-state index contributed by atoms with van der Waals surface area (Å²) in [7, 11) is 0. The summed E-state index contributed by atoms with van der Waals surface area (Å²) < 4.78 is 14.7. The maximum Gasteiger partial charge on any atom is 0.621 e. The highest BCUT2D eigenvalue weighted by Gasteiger charge is 2.48. The quantitative estimate of drug-likeness (QED) is 0.195. The predicted molar refractivity (Wildman–Crippen MR) is 184 cm³/mol. The van der Waals surface area contributed by atoms with Gasteiger partial charge in [-0.05, 0) is 76.5 Å². The SMILES string of the molecule is [C-]#[N+]B1c2c([N+]#[C-])cc(C#N)cc2-c2cc(C#N)c(-c3oc(=O)oc3-c3c([N+]#[C-])cc4c(c3C#N)B(C#N)c3c(C)cc(C#N)cc3-4)c([N+]#[C-])c21. The van der Waals surface area contributed by atoms with Crippen molar-refractivity contribution in [2.75, 3.05) is 0 Å². The molecule has 0 unspecified atom stereocenters. The molecule has 0 bridgehead atoms. The maximum absolute atomic E-state index is 12.9. The second-order valence-corrected chi connectivity index (χ2v) is 11.4. The monoisotopic (exact) mass is 649 g/mol. The Morgan fingerprint density at radius 3 is 1.82 bits per heavy atom. The van der Waals surface area contributed by atoms with Crippen LogP contribution < -0.4 is 27.7 Å². The van der Waals surface area contributed by atoms with Gasteiger partial charge in [0.05, 0.1) is 55.1 Å². The van der Waals surface area contributed by atoms with Crippen LogP contribution in [-0.2, 0) is 0 Å². The molecule has 0 saturated heterocycles. The van der Waals surface area contributed by atoms with Crippen LogP contribution >= 0.6 is 0 Å². The maximum atomic E-state index is 12.9. The highest BCUT2D eigenvalue weighted by molar-refractivity contribution is 6.96. The van der Waals surface area contributed by atoms with Crippen molar-refractivity contribution in [3.05, 3.63) is 120 Å².